The van der Waals surface area contributed by atoms with Gasteiger partial charge in [-0.1, -0.05) is 13.8 Å². The summed E-state index contributed by atoms with van der Waals surface area (Å²) in [6.45, 7) is 13.0. The molecule has 0 amide bonds. The molecule has 1 aromatic heterocycles. The Morgan fingerprint density at radius 2 is 2.09 bits per heavy atom. The second-order valence-corrected chi connectivity index (χ2v) is 7.52. The SMILES string of the molecule is CCNC(=NCCCc1nc(C)cs1)N1CC(C)CC(C)C1.I. The standard InChI is InChI=1S/C17H30N4S.HI/c1-5-18-17(21-10-13(2)9-14(3)11-21)19-8-6-7-16-20-15(4)12-22-16;/h12-14H,5-11H2,1-4H3,(H,18,19);1H. The lowest BCUT2D eigenvalue weighted by Crippen LogP contribution is -2.48. The van der Waals surface area contributed by atoms with Gasteiger partial charge >= 0.3 is 0 Å². The molecule has 1 aliphatic rings. The minimum Gasteiger partial charge on any atom is -0.357 e. The molecule has 2 heterocycles. The van der Waals surface area contributed by atoms with Gasteiger partial charge in [-0.2, -0.15) is 0 Å². The molecule has 2 atom stereocenters. The van der Waals surface area contributed by atoms with E-state index in [0.717, 1.165) is 62.5 Å². The van der Waals surface area contributed by atoms with E-state index in [4.69, 9.17) is 4.99 Å². The number of guanidine groups is 1. The number of nitrogens with zero attached hydrogens (tertiary/aromatic N) is 3. The molecule has 1 fully saturated rings. The number of hydrogen-bond donors (Lipinski definition) is 1. The number of likely N-dealkylation sites (tertiary alicyclic amines) is 1. The van der Waals surface area contributed by atoms with Crippen LogP contribution in [0.4, 0.5) is 0 Å². The Hall–Kier alpha value is -0.370. The van der Waals surface area contributed by atoms with Crippen LogP contribution < -0.4 is 5.32 Å². The van der Waals surface area contributed by atoms with E-state index in [-0.39, 0.29) is 24.0 Å². The summed E-state index contributed by atoms with van der Waals surface area (Å²) < 4.78 is 0. The number of rotatable bonds is 5. The third-order valence-corrected chi connectivity index (χ3v) is 5.01. The van der Waals surface area contributed by atoms with E-state index in [1.165, 1.54) is 11.4 Å². The zero-order valence-electron chi connectivity index (χ0n) is 14.8. The summed E-state index contributed by atoms with van der Waals surface area (Å²) in [6, 6.07) is 0. The van der Waals surface area contributed by atoms with E-state index in [9.17, 15) is 0 Å². The van der Waals surface area contributed by atoms with Gasteiger partial charge in [-0.05, 0) is 38.5 Å². The van der Waals surface area contributed by atoms with Gasteiger partial charge in [-0.3, -0.25) is 4.99 Å². The van der Waals surface area contributed by atoms with Gasteiger partial charge in [0.2, 0.25) is 0 Å². The Bertz CT molecular complexity index is 479. The monoisotopic (exact) mass is 450 g/mol. The largest absolute Gasteiger partial charge is 0.357 e. The number of hydrogen-bond acceptors (Lipinski definition) is 3. The highest BCUT2D eigenvalue weighted by Crippen LogP contribution is 2.21. The van der Waals surface area contributed by atoms with Gasteiger partial charge in [0, 0.05) is 43.7 Å². The fourth-order valence-corrected chi connectivity index (χ4v) is 4.01. The molecule has 1 aliphatic heterocycles. The van der Waals surface area contributed by atoms with Gasteiger partial charge in [-0.15, -0.1) is 35.3 Å². The van der Waals surface area contributed by atoms with Crippen LogP contribution in [0.15, 0.2) is 10.4 Å². The second-order valence-electron chi connectivity index (χ2n) is 6.57. The lowest BCUT2D eigenvalue weighted by atomic mass is 9.92. The molecule has 2 unspecified atom stereocenters. The summed E-state index contributed by atoms with van der Waals surface area (Å²) in [7, 11) is 0. The van der Waals surface area contributed by atoms with Crippen molar-refractivity contribution in [3.63, 3.8) is 0 Å². The number of aromatic nitrogens is 1. The molecule has 1 N–H and O–H groups in total. The lowest BCUT2D eigenvalue weighted by molar-refractivity contribution is 0.208. The summed E-state index contributed by atoms with van der Waals surface area (Å²) in [5.74, 6) is 2.60. The van der Waals surface area contributed by atoms with Gasteiger partial charge in [0.15, 0.2) is 5.96 Å². The van der Waals surface area contributed by atoms with Crippen LogP contribution in [0.25, 0.3) is 0 Å². The Morgan fingerprint density at radius 1 is 1.39 bits per heavy atom. The van der Waals surface area contributed by atoms with Gasteiger partial charge in [0.05, 0.1) is 5.01 Å². The van der Waals surface area contributed by atoms with Crippen LogP contribution in [-0.2, 0) is 6.42 Å². The first-order valence-electron chi connectivity index (χ1n) is 8.52. The molecule has 23 heavy (non-hydrogen) atoms. The van der Waals surface area contributed by atoms with Crippen LogP contribution in [0.1, 0.15) is 44.3 Å². The third kappa shape index (κ3) is 6.95. The highest BCUT2D eigenvalue weighted by atomic mass is 127. The lowest BCUT2D eigenvalue weighted by Gasteiger charge is -2.37. The average molecular weight is 450 g/mol. The van der Waals surface area contributed by atoms with Crippen molar-refractivity contribution in [2.24, 2.45) is 16.8 Å². The van der Waals surface area contributed by atoms with Crippen LogP contribution in [0.5, 0.6) is 0 Å². The topological polar surface area (TPSA) is 40.5 Å². The quantitative estimate of drug-likeness (QED) is 0.320. The highest BCUT2D eigenvalue weighted by Gasteiger charge is 2.23. The van der Waals surface area contributed by atoms with E-state index in [0.29, 0.717) is 0 Å². The van der Waals surface area contributed by atoms with Crippen LogP contribution >= 0.6 is 35.3 Å². The maximum absolute atomic E-state index is 4.84. The first-order valence-corrected chi connectivity index (χ1v) is 9.40. The maximum atomic E-state index is 4.84. The van der Waals surface area contributed by atoms with E-state index >= 15 is 0 Å². The molecular weight excluding hydrogens is 419 g/mol. The van der Waals surface area contributed by atoms with Crippen LogP contribution in [0.3, 0.4) is 0 Å². The van der Waals surface area contributed by atoms with Crippen LogP contribution in [0, 0.1) is 18.8 Å². The van der Waals surface area contributed by atoms with Crippen molar-refractivity contribution >= 4 is 41.3 Å². The Balaban J connectivity index is 0.00000264. The molecular formula is C17H31IN4S. The third-order valence-electron chi connectivity index (χ3n) is 3.98. The fraction of sp³-hybridized carbons (Fsp3) is 0.765. The van der Waals surface area contributed by atoms with Gasteiger partial charge in [0.1, 0.15) is 0 Å². The second kappa shape index (κ2) is 10.5. The van der Waals surface area contributed by atoms with Crippen molar-refractivity contribution in [1.82, 2.24) is 15.2 Å². The number of thiazole rings is 1. The van der Waals surface area contributed by atoms with E-state index in [1.807, 2.05) is 0 Å². The molecule has 0 radical (unpaired) electrons. The highest BCUT2D eigenvalue weighted by molar-refractivity contribution is 14.0. The first-order chi connectivity index (χ1) is 10.6. The number of piperidine rings is 1. The Kier molecular flexibility index (Phi) is 9.43. The minimum atomic E-state index is 0. The van der Waals surface area contributed by atoms with E-state index in [1.54, 1.807) is 11.3 Å². The molecule has 0 saturated carbocycles. The molecule has 0 aliphatic carbocycles. The first kappa shape index (κ1) is 20.7. The normalized spacial score (nSPS) is 21.9. The predicted molar refractivity (Wildman–Crippen MR) is 111 cm³/mol. The van der Waals surface area contributed by atoms with Gasteiger partial charge in [-0.25, -0.2) is 4.98 Å². The fourth-order valence-electron chi connectivity index (χ4n) is 3.19. The van der Waals surface area contributed by atoms with Crippen LogP contribution in [0.2, 0.25) is 0 Å². The number of nitrogens with one attached hydrogen (secondary N) is 1. The van der Waals surface area contributed by atoms with Crippen molar-refractivity contribution in [2.45, 2.75) is 47.0 Å². The molecule has 0 aromatic carbocycles. The zero-order chi connectivity index (χ0) is 15.9. The Morgan fingerprint density at radius 3 is 2.65 bits per heavy atom. The van der Waals surface area contributed by atoms with E-state index < -0.39 is 0 Å². The molecule has 1 aromatic rings. The van der Waals surface area contributed by atoms with Gasteiger partial charge in [0.25, 0.3) is 0 Å². The molecule has 132 valence electrons. The molecule has 4 nitrogen and oxygen atoms in total. The average Bonchev–Trinajstić information content (AvgIpc) is 2.87. The van der Waals surface area contributed by atoms with E-state index in [2.05, 4.69) is 48.3 Å². The molecule has 0 bridgehead atoms. The van der Waals surface area contributed by atoms with Crippen LogP contribution in [-0.4, -0.2) is 42.0 Å². The molecule has 6 heteroatoms. The maximum Gasteiger partial charge on any atom is 0.193 e. The number of aryl methyl sites for hydroxylation is 2. The van der Waals surface area contributed by atoms with Crippen molar-refractivity contribution in [1.29, 1.82) is 0 Å². The molecule has 1 saturated heterocycles. The van der Waals surface area contributed by atoms with Crippen molar-refractivity contribution in [2.75, 3.05) is 26.2 Å². The minimum absolute atomic E-state index is 0. The Labute approximate surface area is 162 Å². The smallest absolute Gasteiger partial charge is 0.193 e. The summed E-state index contributed by atoms with van der Waals surface area (Å²) in [5, 5.41) is 6.82. The van der Waals surface area contributed by atoms with Crippen molar-refractivity contribution < 1.29 is 0 Å². The molecule has 2 rings (SSSR count). The predicted octanol–water partition coefficient (Wildman–Crippen LogP) is 3.95. The summed E-state index contributed by atoms with van der Waals surface area (Å²) in [5.41, 5.74) is 1.13. The van der Waals surface area contributed by atoms with Crippen molar-refractivity contribution in [3.05, 3.63) is 16.1 Å². The van der Waals surface area contributed by atoms with Crippen molar-refractivity contribution in [3.8, 4) is 0 Å². The zero-order valence-corrected chi connectivity index (χ0v) is 18.0. The summed E-state index contributed by atoms with van der Waals surface area (Å²) in [4.78, 5) is 11.8. The number of aliphatic imine (C=N–C) groups is 1. The number of halogens is 1. The summed E-state index contributed by atoms with van der Waals surface area (Å²) in [6.07, 6.45) is 3.44. The summed E-state index contributed by atoms with van der Waals surface area (Å²) >= 11 is 1.76. The van der Waals surface area contributed by atoms with Gasteiger partial charge < -0.3 is 10.2 Å². The molecule has 0 spiro atoms.